The number of nitrogens with zero attached hydrogens (tertiary/aromatic N) is 2. The van der Waals surface area contributed by atoms with E-state index in [1.165, 1.54) is 84.2 Å². The first-order valence-electron chi connectivity index (χ1n) is 8.94. The van der Waals surface area contributed by atoms with E-state index in [2.05, 4.69) is 23.6 Å². The van der Waals surface area contributed by atoms with Gasteiger partial charge in [0.05, 0.1) is 0 Å². The van der Waals surface area contributed by atoms with Crippen LogP contribution in [0.25, 0.3) is 0 Å². The van der Waals surface area contributed by atoms with Gasteiger partial charge >= 0.3 is 0 Å². The van der Waals surface area contributed by atoms with Crippen molar-refractivity contribution in [2.45, 2.75) is 58.8 Å². The molecule has 1 rings (SSSR count). The molecule has 1 aliphatic rings. The molecular formula is C17H37N3. The van der Waals surface area contributed by atoms with E-state index in [1.54, 1.807) is 0 Å². The van der Waals surface area contributed by atoms with Gasteiger partial charge < -0.3 is 15.5 Å². The van der Waals surface area contributed by atoms with Crippen molar-refractivity contribution in [3.05, 3.63) is 0 Å². The van der Waals surface area contributed by atoms with Crippen LogP contribution in [0.5, 0.6) is 0 Å². The standard InChI is InChI=1S/C17H37N3/c1-3-5-9-17(4-2)16-20-14-12-19(13-15-20)11-8-6-7-10-18/h17H,3-16,18H2,1-2H3. The zero-order chi connectivity index (χ0) is 14.6. The number of unbranched alkanes of at least 4 members (excludes halogenated alkanes) is 3. The van der Waals surface area contributed by atoms with Crippen molar-refractivity contribution in [3.63, 3.8) is 0 Å². The van der Waals surface area contributed by atoms with E-state index in [9.17, 15) is 0 Å². The van der Waals surface area contributed by atoms with Crippen molar-refractivity contribution < 1.29 is 0 Å². The Morgan fingerprint density at radius 2 is 1.60 bits per heavy atom. The summed E-state index contributed by atoms with van der Waals surface area (Å²) in [7, 11) is 0. The summed E-state index contributed by atoms with van der Waals surface area (Å²) in [5.74, 6) is 0.922. The van der Waals surface area contributed by atoms with Crippen LogP contribution in [0.2, 0.25) is 0 Å². The zero-order valence-corrected chi connectivity index (χ0v) is 13.9. The molecule has 1 saturated heterocycles. The molecule has 120 valence electrons. The topological polar surface area (TPSA) is 32.5 Å². The van der Waals surface area contributed by atoms with Crippen LogP contribution in [0.3, 0.4) is 0 Å². The summed E-state index contributed by atoms with van der Waals surface area (Å²) in [4.78, 5) is 5.33. The van der Waals surface area contributed by atoms with Gasteiger partial charge in [-0.05, 0) is 38.3 Å². The van der Waals surface area contributed by atoms with Gasteiger partial charge in [0.15, 0.2) is 0 Å². The molecule has 0 saturated carbocycles. The van der Waals surface area contributed by atoms with Gasteiger partial charge in [0.2, 0.25) is 0 Å². The highest BCUT2D eigenvalue weighted by Gasteiger charge is 2.18. The Morgan fingerprint density at radius 3 is 2.20 bits per heavy atom. The minimum atomic E-state index is 0.851. The molecule has 1 fully saturated rings. The Hall–Kier alpha value is -0.120. The Balaban J connectivity index is 2.11. The first kappa shape index (κ1) is 17.9. The Kier molecular flexibility index (Phi) is 10.3. The molecule has 1 unspecified atom stereocenters. The third kappa shape index (κ3) is 7.61. The summed E-state index contributed by atoms with van der Waals surface area (Å²) in [6.45, 7) is 13.2. The van der Waals surface area contributed by atoms with E-state index in [0.29, 0.717) is 0 Å². The maximum Gasteiger partial charge on any atom is 0.0110 e. The highest BCUT2D eigenvalue weighted by Crippen LogP contribution is 2.15. The van der Waals surface area contributed by atoms with Gasteiger partial charge in [-0.2, -0.15) is 0 Å². The summed E-state index contributed by atoms with van der Waals surface area (Å²) < 4.78 is 0. The van der Waals surface area contributed by atoms with E-state index in [0.717, 1.165) is 12.5 Å². The Labute approximate surface area is 126 Å². The lowest BCUT2D eigenvalue weighted by molar-refractivity contribution is 0.113. The van der Waals surface area contributed by atoms with Crippen molar-refractivity contribution in [3.8, 4) is 0 Å². The molecule has 1 aliphatic heterocycles. The fraction of sp³-hybridized carbons (Fsp3) is 1.00. The maximum atomic E-state index is 5.54. The van der Waals surface area contributed by atoms with Gasteiger partial charge in [-0.3, -0.25) is 0 Å². The summed E-state index contributed by atoms with van der Waals surface area (Å²) in [5, 5.41) is 0. The van der Waals surface area contributed by atoms with Crippen molar-refractivity contribution in [2.75, 3.05) is 45.8 Å². The van der Waals surface area contributed by atoms with Crippen LogP contribution in [0.15, 0.2) is 0 Å². The Morgan fingerprint density at radius 1 is 0.900 bits per heavy atom. The van der Waals surface area contributed by atoms with Crippen LogP contribution in [-0.4, -0.2) is 55.6 Å². The molecular weight excluding hydrogens is 246 g/mol. The SMILES string of the molecule is CCCCC(CC)CN1CCN(CCCCCN)CC1. The lowest BCUT2D eigenvalue weighted by atomic mass is 9.98. The lowest BCUT2D eigenvalue weighted by Crippen LogP contribution is -2.47. The largest absolute Gasteiger partial charge is 0.330 e. The van der Waals surface area contributed by atoms with Crippen molar-refractivity contribution in [1.82, 2.24) is 9.80 Å². The van der Waals surface area contributed by atoms with E-state index in [1.807, 2.05) is 0 Å². The van der Waals surface area contributed by atoms with Crippen LogP contribution < -0.4 is 5.73 Å². The molecule has 0 aromatic carbocycles. The summed E-state index contributed by atoms with van der Waals surface area (Å²) >= 11 is 0. The minimum Gasteiger partial charge on any atom is -0.330 e. The molecule has 1 atom stereocenters. The fourth-order valence-corrected chi connectivity index (χ4v) is 3.13. The molecule has 1 heterocycles. The number of hydrogen-bond acceptors (Lipinski definition) is 3. The van der Waals surface area contributed by atoms with Gasteiger partial charge in [0, 0.05) is 32.7 Å². The molecule has 3 nitrogen and oxygen atoms in total. The van der Waals surface area contributed by atoms with Gasteiger partial charge in [0.25, 0.3) is 0 Å². The molecule has 0 aromatic rings. The molecule has 0 bridgehead atoms. The third-order valence-electron chi connectivity index (χ3n) is 4.70. The van der Waals surface area contributed by atoms with Crippen molar-refractivity contribution in [1.29, 1.82) is 0 Å². The van der Waals surface area contributed by atoms with E-state index in [4.69, 9.17) is 5.73 Å². The molecule has 0 aromatic heterocycles. The van der Waals surface area contributed by atoms with Crippen LogP contribution >= 0.6 is 0 Å². The van der Waals surface area contributed by atoms with Crippen molar-refractivity contribution >= 4 is 0 Å². The molecule has 2 N–H and O–H groups in total. The summed E-state index contributed by atoms with van der Waals surface area (Å²) in [6, 6.07) is 0. The van der Waals surface area contributed by atoms with Gasteiger partial charge in [-0.15, -0.1) is 0 Å². The molecule has 20 heavy (non-hydrogen) atoms. The van der Waals surface area contributed by atoms with E-state index < -0.39 is 0 Å². The smallest absolute Gasteiger partial charge is 0.0110 e. The second-order valence-electron chi connectivity index (χ2n) is 6.41. The second-order valence-corrected chi connectivity index (χ2v) is 6.41. The summed E-state index contributed by atoms with van der Waals surface area (Å²) in [6.07, 6.45) is 9.32. The van der Waals surface area contributed by atoms with E-state index >= 15 is 0 Å². The van der Waals surface area contributed by atoms with Crippen molar-refractivity contribution in [2.24, 2.45) is 11.7 Å². The predicted molar refractivity (Wildman–Crippen MR) is 89.1 cm³/mol. The maximum absolute atomic E-state index is 5.54. The van der Waals surface area contributed by atoms with Gasteiger partial charge in [-0.25, -0.2) is 0 Å². The monoisotopic (exact) mass is 283 g/mol. The fourth-order valence-electron chi connectivity index (χ4n) is 3.13. The molecule has 0 amide bonds. The number of nitrogens with two attached hydrogens (primary N) is 1. The highest BCUT2D eigenvalue weighted by atomic mass is 15.3. The highest BCUT2D eigenvalue weighted by molar-refractivity contribution is 4.74. The molecule has 0 radical (unpaired) electrons. The molecule has 0 spiro atoms. The average Bonchev–Trinajstić information content (AvgIpc) is 2.49. The number of piperazine rings is 1. The molecule has 3 heteroatoms. The van der Waals surface area contributed by atoms with Crippen LogP contribution in [0.1, 0.15) is 58.8 Å². The van der Waals surface area contributed by atoms with Crippen LogP contribution in [0.4, 0.5) is 0 Å². The third-order valence-corrected chi connectivity index (χ3v) is 4.70. The Bertz CT molecular complexity index is 212. The first-order chi connectivity index (χ1) is 9.80. The van der Waals surface area contributed by atoms with Gasteiger partial charge in [0.1, 0.15) is 0 Å². The second kappa shape index (κ2) is 11.5. The molecule has 0 aliphatic carbocycles. The van der Waals surface area contributed by atoms with Crippen LogP contribution in [0, 0.1) is 5.92 Å². The van der Waals surface area contributed by atoms with Gasteiger partial charge in [-0.1, -0.05) is 39.5 Å². The average molecular weight is 284 g/mol. The normalized spacial score (nSPS) is 19.4. The first-order valence-corrected chi connectivity index (χ1v) is 8.94. The van der Waals surface area contributed by atoms with Crippen LogP contribution in [-0.2, 0) is 0 Å². The zero-order valence-electron chi connectivity index (χ0n) is 13.9. The predicted octanol–water partition coefficient (Wildman–Crippen LogP) is 2.95. The van der Waals surface area contributed by atoms with E-state index in [-0.39, 0.29) is 0 Å². The number of hydrogen-bond donors (Lipinski definition) is 1. The quantitative estimate of drug-likeness (QED) is 0.592. The lowest BCUT2D eigenvalue weighted by Gasteiger charge is -2.36. The summed E-state index contributed by atoms with van der Waals surface area (Å²) in [5.41, 5.74) is 5.54. The minimum absolute atomic E-state index is 0.851. The number of rotatable bonds is 11.